The van der Waals surface area contributed by atoms with Gasteiger partial charge in [-0.15, -0.1) is 16.4 Å². The maximum absolute atomic E-state index is 11.7. The fraction of sp³-hybridized carbons (Fsp3) is 0.333. The molecule has 2 aromatic heterocycles. The molecule has 0 saturated heterocycles. The Morgan fingerprint density at radius 1 is 1.59 bits per heavy atom. The summed E-state index contributed by atoms with van der Waals surface area (Å²) < 4.78 is 1.54. The number of hydrogen-bond acceptors (Lipinski definition) is 6. The van der Waals surface area contributed by atoms with Crippen molar-refractivity contribution in [2.75, 3.05) is 6.54 Å². The number of amides is 1. The molecule has 0 atom stereocenters. The fourth-order valence-electron chi connectivity index (χ4n) is 1.23. The van der Waals surface area contributed by atoms with E-state index in [1.54, 1.807) is 22.6 Å². The van der Waals surface area contributed by atoms with Crippen LogP contribution in [0, 0.1) is 0 Å². The predicted molar refractivity (Wildman–Crippen MR) is 62.4 cm³/mol. The first kappa shape index (κ1) is 11.7. The Bertz CT molecular complexity index is 479. The van der Waals surface area contributed by atoms with Crippen LogP contribution in [0.4, 0.5) is 0 Å². The number of nitrogens with one attached hydrogen (secondary N) is 1. The van der Waals surface area contributed by atoms with Gasteiger partial charge in [0.05, 0.1) is 24.8 Å². The lowest BCUT2D eigenvalue weighted by molar-refractivity contribution is 0.0946. The highest BCUT2D eigenvalue weighted by atomic mass is 32.1. The molecule has 17 heavy (non-hydrogen) atoms. The number of nitrogens with two attached hydrogens (primary N) is 1. The van der Waals surface area contributed by atoms with Gasteiger partial charge in [0, 0.05) is 17.6 Å². The Balaban J connectivity index is 1.90. The SMILES string of the molecule is NCCn1cc(C(=O)NCc2cncs2)nn1. The Hall–Kier alpha value is -1.80. The van der Waals surface area contributed by atoms with E-state index in [4.69, 9.17) is 5.73 Å². The van der Waals surface area contributed by atoms with E-state index in [0.717, 1.165) is 4.88 Å². The second-order valence-electron chi connectivity index (χ2n) is 3.31. The van der Waals surface area contributed by atoms with E-state index in [2.05, 4.69) is 20.6 Å². The average molecular weight is 252 g/mol. The minimum absolute atomic E-state index is 0.248. The van der Waals surface area contributed by atoms with Crippen molar-refractivity contribution in [3.8, 4) is 0 Å². The molecule has 8 heteroatoms. The van der Waals surface area contributed by atoms with Crippen molar-refractivity contribution in [1.82, 2.24) is 25.3 Å². The summed E-state index contributed by atoms with van der Waals surface area (Å²) in [5, 5.41) is 10.3. The van der Waals surface area contributed by atoms with Crippen LogP contribution < -0.4 is 11.1 Å². The highest BCUT2D eigenvalue weighted by Crippen LogP contribution is 2.04. The first-order valence-corrected chi connectivity index (χ1v) is 5.93. The van der Waals surface area contributed by atoms with E-state index in [1.807, 2.05) is 0 Å². The fourth-order valence-corrected chi connectivity index (χ4v) is 1.77. The second kappa shape index (κ2) is 5.51. The van der Waals surface area contributed by atoms with E-state index in [1.165, 1.54) is 11.3 Å². The van der Waals surface area contributed by atoms with Crippen LogP contribution >= 0.6 is 11.3 Å². The molecule has 0 aliphatic heterocycles. The topological polar surface area (TPSA) is 98.7 Å². The van der Waals surface area contributed by atoms with Crippen molar-refractivity contribution >= 4 is 17.2 Å². The molecule has 2 rings (SSSR count). The quantitative estimate of drug-likeness (QED) is 0.756. The zero-order valence-corrected chi connectivity index (χ0v) is 9.85. The van der Waals surface area contributed by atoms with Crippen molar-refractivity contribution in [2.24, 2.45) is 5.73 Å². The van der Waals surface area contributed by atoms with Gasteiger partial charge in [0.15, 0.2) is 5.69 Å². The number of carbonyl (C=O) groups excluding carboxylic acids is 1. The molecule has 0 fully saturated rings. The molecule has 2 aromatic rings. The summed E-state index contributed by atoms with van der Waals surface area (Å²) in [7, 11) is 0. The lowest BCUT2D eigenvalue weighted by Gasteiger charge is -1.99. The first-order chi connectivity index (χ1) is 8.29. The summed E-state index contributed by atoms with van der Waals surface area (Å²) >= 11 is 1.49. The third-order valence-corrected chi connectivity index (χ3v) is 2.82. The summed E-state index contributed by atoms with van der Waals surface area (Å²) in [6.45, 7) is 1.47. The Morgan fingerprint density at radius 3 is 3.18 bits per heavy atom. The zero-order chi connectivity index (χ0) is 12.1. The maximum atomic E-state index is 11.7. The largest absolute Gasteiger partial charge is 0.346 e. The Kier molecular flexibility index (Phi) is 3.78. The molecule has 90 valence electrons. The van der Waals surface area contributed by atoms with E-state index in [-0.39, 0.29) is 5.91 Å². The molecule has 7 nitrogen and oxygen atoms in total. The Labute approximate surface area is 102 Å². The van der Waals surface area contributed by atoms with Crippen LogP contribution in [0.3, 0.4) is 0 Å². The highest BCUT2D eigenvalue weighted by molar-refractivity contribution is 7.09. The van der Waals surface area contributed by atoms with Crippen LogP contribution in [0.25, 0.3) is 0 Å². The molecule has 0 aliphatic rings. The normalized spacial score (nSPS) is 10.4. The number of rotatable bonds is 5. The molecule has 0 saturated carbocycles. The van der Waals surface area contributed by atoms with Crippen molar-refractivity contribution in [3.05, 3.63) is 28.5 Å². The highest BCUT2D eigenvalue weighted by Gasteiger charge is 2.10. The molecule has 3 N–H and O–H groups in total. The molecule has 0 aliphatic carbocycles. The smallest absolute Gasteiger partial charge is 0.273 e. The second-order valence-corrected chi connectivity index (χ2v) is 4.28. The van der Waals surface area contributed by atoms with Gasteiger partial charge in [0.1, 0.15) is 0 Å². The van der Waals surface area contributed by atoms with Crippen LogP contribution in [0.5, 0.6) is 0 Å². The van der Waals surface area contributed by atoms with Gasteiger partial charge in [-0.2, -0.15) is 0 Å². The summed E-state index contributed by atoms with van der Waals surface area (Å²) in [6, 6.07) is 0. The first-order valence-electron chi connectivity index (χ1n) is 5.05. The number of nitrogens with zero attached hydrogens (tertiary/aromatic N) is 4. The molecule has 2 heterocycles. The van der Waals surface area contributed by atoms with Crippen LogP contribution in [0.15, 0.2) is 17.9 Å². The maximum Gasteiger partial charge on any atom is 0.273 e. The molecular weight excluding hydrogens is 240 g/mol. The molecule has 0 spiro atoms. The number of aromatic nitrogens is 4. The number of carbonyl (C=O) groups is 1. The van der Waals surface area contributed by atoms with E-state index < -0.39 is 0 Å². The van der Waals surface area contributed by atoms with Crippen molar-refractivity contribution in [1.29, 1.82) is 0 Å². The van der Waals surface area contributed by atoms with Crippen molar-refractivity contribution < 1.29 is 4.79 Å². The molecule has 0 radical (unpaired) electrons. The summed E-state index contributed by atoms with van der Waals surface area (Å²) in [5.41, 5.74) is 7.39. The molecule has 0 unspecified atom stereocenters. The molecule has 0 bridgehead atoms. The minimum atomic E-state index is -0.248. The molecule has 0 aromatic carbocycles. The summed E-state index contributed by atoms with van der Waals surface area (Å²) in [6.07, 6.45) is 3.30. The third kappa shape index (κ3) is 3.08. The standard InChI is InChI=1S/C9H12N6OS/c10-1-2-15-5-8(13-14-15)9(16)12-4-7-3-11-6-17-7/h3,5-6H,1-2,4,10H2,(H,12,16). The van der Waals surface area contributed by atoms with Gasteiger partial charge >= 0.3 is 0 Å². The predicted octanol–water partition coefficient (Wildman–Crippen LogP) is -0.377. The minimum Gasteiger partial charge on any atom is -0.346 e. The van der Waals surface area contributed by atoms with E-state index >= 15 is 0 Å². The number of thiazole rings is 1. The zero-order valence-electron chi connectivity index (χ0n) is 9.04. The summed E-state index contributed by atoms with van der Waals surface area (Å²) in [4.78, 5) is 16.6. The van der Waals surface area contributed by atoms with Crippen LogP contribution in [0.1, 0.15) is 15.4 Å². The summed E-state index contributed by atoms with van der Waals surface area (Å²) in [5.74, 6) is -0.248. The van der Waals surface area contributed by atoms with Gasteiger partial charge in [-0.3, -0.25) is 14.5 Å². The van der Waals surface area contributed by atoms with Gasteiger partial charge in [-0.05, 0) is 0 Å². The molecular formula is C9H12N6OS. The third-order valence-electron chi connectivity index (χ3n) is 2.04. The van der Waals surface area contributed by atoms with Gasteiger partial charge < -0.3 is 11.1 Å². The van der Waals surface area contributed by atoms with Crippen molar-refractivity contribution in [2.45, 2.75) is 13.1 Å². The van der Waals surface area contributed by atoms with E-state index in [9.17, 15) is 4.79 Å². The lowest BCUT2D eigenvalue weighted by Crippen LogP contribution is -2.22. The Morgan fingerprint density at radius 2 is 2.47 bits per heavy atom. The average Bonchev–Trinajstić information content (AvgIpc) is 2.97. The van der Waals surface area contributed by atoms with Gasteiger partial charge in [-0.25, -0.2) is 0 Å². The van der Waals surface area contributed by atoms with Gasteiger partial charge in [-0.1, -0.05) is 5.21 Å². The lowest BCUT2D eigenvalue weighted by atomic mass is 10.4. The van der Waals surface area contributed by atoms with Crippen LogP contribution in [0.2, 0.25) is 0 Å². The van der Waals surface area contributed by atoms with Crippen LogP contribution in [-0.4, -0.2) is 32.4 Å². The van der Waals surface area contributed by atoms with Crippen molar-refractivity contribution in [3.63, 3.8) is 0 Å². The van der Waals surface area contributed by atoms with Gasteiger partial charge in [0.25, 0.3) is 5.91 Å². The molecule has 1 amide bonds. The van der Waals surface area contributed by atoms with Crippen LogP contribution in [-0.2, 0) is 13.1 Å². The van der Waals surface area contributed by atoms with Gasteiger partial charge in [0.2, 0.25) is 0 Å². The van der Waals surface area contributed by atoms with E-state index in [0.29, 0.717) is 25.3 Å². The monoisotopic (exact) mass is 252 g/mol. The number of hydrogen-bond donors (Lipinski definition) is 2.